The zero-order valence-electron chi connectivity index (χ0n) is 8.74. The molecule has 14 heavy (non-hydrogen) atoms. The van der Waals surface area contributed by atoms with Crippen LogP contribution in [0.5, 0.6) is 0 Å². The first-order valence-corrected chi connectivity index (χ1v) is 5.51. The summed E-state index contributed by atoms with van der Waals surface area (Å²) in [5, 5.41) is 11.7. The summed E-state index contributed by atoms with van der Waals surface area (Å²) >= 11 is 0. The molecule has 1 N–H and O–H groups in total. The van der Waals surface area contributed by atoms with Crippen molar-refractivity contribution in [3.8, 4) is 0 Å². The zero-order valence-corrected chi connectivity index (χ0v) is 8.74. The van der Waals surface area contributed by atoms with Crippen LogP contribution in [0.1, 0.15) is 37.9 Å². The van der Waals surface area contributed by atoms with E-state index in [0.29, 0.717) is 6.04 Å². The first-order valence-electron chi connectivity index (χ1n) is 5.51. The fourth-order valence-electron chi connectivity index (χ4n) is 1.93. The number of piperidine rings is 1. The predicted molar refractivity (Wildman–Crippen MR) is 55.2 cm³/mol. The van der Waals surface area contributed by atoms with Gasteiger partial charge >= 0.3 is 0 Å². The van der Waals surface area contributed by atoms with E-state index >= 15 is 0 Å². The van der Waals surface area contributed by atoms with Gasteiger partial charge in [0, 0.05) is 6.20 Å². The van der Waals surface area contributed by atoms with Crippen LogP contribution in [0.25, 0.3) is 0 Å². The molecular weight excluding hydrogens is 176 g/mol. The molecule has 0 radical (unpaired) electrons. The van der Waals surface area contributed by atoms with Crippen LogP contribution >= 0.6 is 0 Å². The Bertz CT molecular complexity index is 275. The van der Waals surface area contributed by atoms with Crippen molar-refractivity contribution in [2.24, 2.45) is 0 Å². The lowest BCUT2D eigenvalue weighted by atomic mass is 10.1. The minimum Gasteiger partial charge on any atom is -0.317 e. The Labute approximate surface area is 84.7 Å². The lowest BCUT2D eigenvalue weighted by Crippen LogP contribution is -2.29. The van der Waals surface area contributed by atoms with E-state index in [-0.39, 0.29) is 0 Å². The third-order valence-electron chi connectivity index (χ3n) is 2.75. The summed E-state index contributed by atoms with van der Waals surface area (Å²) in [6, 6.07) is 0.564. The molecule has 1 saturated heterocycles. The van der Waals surface area contributed by atoms with E-state index in [1.165, 1.54) is 12.8 Å². The summed E-state index contributed by atoms with van der Waals surface area (Å²) < 4.78 is 2.05. The lowest BCUT2D eigenvalue weighted by Gasteiger charge is -2.22. The molecular formula is C10H18N4. The van der Waals surface area contributed by atoms with Crippen molar-refractivity contribution in [3.05, 3.63) is 11.9 Å². The Morgan fingerprint density at radius 2 is 2.29 bits per heavy atom. The topological polar surface area (TPSA) is 42.7 Å². The maximum absolute atomic E-state index is 4.20. The Hall–Kier alpha value is -0.900. The molecule has 2 rings (SSSR count). The van der Waals surface area contributed by atoms with Crippen LogP contribution in [0.2, 0.25) is 0 Å². The average molecular weight is 194 g/mol. The normalized spacial score (nSPS) is 18.6. The monoisotopic (exact) mass is 194 g/mol. The second-order valence-electron chi connectivity index (χ2n) is 3.92. The van der Waals surface area contributed by atoms with E-state index in [4.69, 9.17) is 0 Å². The van der Waals surface area contributed by atoms with Crippen LogP contribution < -0.4 is 5.32 Å². The molecule has 1 aromatic rings. The summed E-state index contributed by atoms with van der Waals surface area (Å²) in [4.78, 5) is 0. The van der Waals surface area contributed by atoms with Crippen LogP contribution in [-0.4, -0.2) is 28.1 Å². The van der Waals surface area contributed by atoms with Crippen LogP contribution in [-0.2, 0) is 6.42 Å². The van der Waals surface area contributed by atoms with E-state index in [9.17, 15) is 0 Å². The Morgan fingerprint density at radius 1 is 1.50 bits per heavy atom. The van der Waals surface area contributed by atoms with Gasteiger partial charge in [-0.25, -0.2) is 4.68 Å². The fraction of sp³-hybridized carbons (Fsp3) is 0.800. The molecule has 0 amide bonds. The Morgan fingerprint density at radius 3 is 3.00 bits per heavy atom. The molecule has 1 aliphatic heterocycles. The molecule has 0 saturated carbocycles. The largest absolute Gasteiger partial charge is 0.317 e. The minimum absolute atomic E-state index is 0.564. The minimum atomic E-state index is 0.564. The maximum Gasteiger partial charge on any atom is 0.0827 e. The van der Waals surface area contributed by atoms with Crippen molar-refractivity contribution in [2.45, 2.75) is 38.6 Å². The predicted octanol–water partition coefficient (Wildman–Crippen LogP) is 1.16. The standard InChI is InChI=1S/C10H18N4/c1-2-3-9-8-14(13-12-9)10-4-6-11-7-5-10/h8,10-11H,2-7H2,1H3. The van der Waals surface area contributed by atoms with Gasteiger partial charge in [-0.3, -0.25) is 0 Å². The molecule has 1 aliphatic rings. The zero-order chi connectivity index (χ0) is 9.80. The van der Waals surface area contributed by atoms with Crippen molar-refractivity contribution in [3.63, 3.8) is 0 Å². The average Bonchev–Trinajstić information content (AvgIpc) is 2.68. The number of nitrogens with zero attached hydrogens (tertiary/aromatic N) is 3. The summed E-state index contributed by atoms with van der Waals surface area (Å²) in [6.45, 7) is 4.38. The van der Waals surface area contributed by atoms with E-state index < -0.39 is 0 Å². The third-order valence-corrected chi connectivity index (χ3v) is 2.75. The SMILES string of the molecule is CCCc1cn(C2CCNCC2)nn1. The van der Waals surface area contributed by atoms with Gasteiger partial charge in [-0.1, -0.05) is 18.6 Å². The third kappa shape index (κ3) is 2.12. The first kappa shape index (κ1) is 9.65. The highest BCUT2D eigenvalue weighted by molar-refractivity contribution is 4.93. The van der Waals surface area contributed by atoms with Gasteiger partial charge in [-0.15, -0.1) is 5.10 Å². The molecule has 0 aliphatic carbocycles. The lowest BCUT2D eigenvalue weighted by molar-refractivity contribution is 0.337. The van der Waals surface area contributed by atoms with Crippen LogP contribution in [0.3, 0.4) is 0 Å². The van der Waals surface area contributed by atoms with Gasteiger partial charge in [0.05, 0.1) is 11.7 Å². The van der Waals surface area contributed by atoms with E-state index in [2.05, 4.69) is 28.7 Å². The molecule has 1 fully saturated rings. The highest BCUT2D eigenvalue weighted by Crippen LogP contribution is 2.17. The number of nitrogens with one attached hydrogen (secondary N) is 1. The Kier molecular flexibility index (Phi) is 3.14. The fourth-order valence-corrected chi connectivity index (χ4v) is 1.93. The molecule has 2 heterocycles. The molecule has 1 aromatic heterocycles. The highest BCUT2D eigenvalue weighted by Gasteiger charge is 2.15. The molecule has 0 unspecified atom stereocenters. The van der Waals surface area contributed by atoms with Gasteiger partial charge in [0.2, 0.25) is 0 Å². The molecule has 4 heteroatoms. The maximum atomic E-state index is 4.20. The second kappa shape index (κ2) is 4.55. The molecule has 0 bridgehead atoms. The van der Waals surface area contributed by atoms with Gasteiger partial charge in [0.1, 0.15) is 0 Å². The van der Waals surface area contributed by atoms with Gasteiger partial charge in [0.25, 0.3) is 0 Å². The molecule has 0 spiro atoms. The smallest absolute Gasteiger partial charge is 0.0827 e. The van der Waals surface area contributed by atoms with E-state index in [1.54, 1.807) is 0 Å². The van der Waals surface area contributed by atoms with Crippen molar-refractivity contribution in [1.29, 1.82) is 0 Å². The van der Waals surface area contributed by atoms with Gasteiger partial charge in [-0.2, -0.15) is 0 Å². The summed E-state index contributed by atoms with van der Waals surface area (Å²) in [5.74, 6) is 0. The quantitative estimate of drug-likeness (QED) is 0.785. The number of rotatable bonds is 3. The van der Waals surface area contributed by atoms with Crippen LogP contribution in [0.4, 0.5) is 0 Å². The number of hydrogen-bond donors (Lipinski definition) is 1. The highest BCUT2D eigenvalue weighted by atomic mass is 15.4. The summed E-state index contributed by atoms with van der Waals surface area (Å²) in [6.07, 6.45) is 6.65. The van der Waals surface area contributed by atoms with Crippen molar-refractivity contribution in [2.75, 3.05) is 13.1 Å². The van der Waals surface area contributed by atoms with Gasteiger partial charge in [0.15, 0.2) is 0 Å². The molecule has 4 nitrogen and oxygen atoms in total. The summed E-state index contributed by atoms with van der Waals surface area (Å²) in [5.41, 5.74) is 1.13. The van der Waals surface area contributed by atoms with Crippen molar-refractivity contribution in [1.82, 2.24) is 20.3 Å². The van der Waals surface area contributed by atoms with E-state index in [1.807, 2.05) is 4.68 Å². The van der Waals surface area contributed by atoms with Crippen molar-refractivity contribution < 1.29 is 0 Å². The van der Waals surface area contributed by atoms with Crippen molar-refractivity contribution >= 4 is 0 Å². The van der Waals surface area contributed by atoms with Gasteiger partial charge < -0.3 is 5.32 Å². The van der Waals surface area contributed by atoms with E-state index in [0.717, 1.165) is 31.6 Å². The number of aryl methyl sites for hydroxylation is 1. The second-order valence-corrected chi connectivity index (χ2v) is 3.92. The van der Waals surface area contributed by atoms with Crippen LogP contribution in [0.15, 0.2) is 6.20 Å². The molecule has 78 valence electrons. The molecule has 0 aromatic carbocycles. The van der Waals surface area contributed by atoms with Gasteiger partial charge in [-0.05, 0) is 32.4 Å². The van der Waals surface area contributed by atoms with Crippen LogP contribution in [0, 0.1) is 0 Å². The molecule has 0 atom stereocenters. The number of hydrogen-bond acceptors (Lipinski definition) is 3. The Balaban J connectivity index is 2.00. The number of aromatic nitrogens is 3. The first-order chi connectivity index (χ1) is 6.90. The summed E-state index contributed by atoms with van der Waals surface area (Å²) in [7, 11) is 0.